The van der Waals surface area contributed by atoms with Crippen molar-refractivity contribution in [3.63, 3.8) is 0 Å². The highest BCUT2D eigenvalue weighted by Crippen LogP contribution is 2.09. The predicted molar refractivity (Wildman–Crippen MR) is 84.1 cm³/mol. The minimum atomic E-state index is -1.29. The van der Waals surface area contributed by atoms with Crippen molar-refractivity contribution in [2.24, 2.45) is 0 Å². The Balaban J connectivity index is 2.54. The van der Waals surface area contributed by atoms with E-state index in [9.17, 15) is 19.5 Å². The lowest BCUT2D eigenvalue weighted by Crippen LogP contribution is -2.51. The summed E-state index contributed by atoms with van der Waals surface area (Å²) in [4.78, 5) is 39.0. The van der Waals surface area contributed by atoms with E-state index < -0.39 is 23.7 Å². The van der Waals surface area contributed by atoms with Crippen molar-refractivity contribution in [2.75, 3.05) is 32.7 Å². The number of carboxylic acids is 1. The molecule has 23 heavy (non-hydrogen) atoms. The molecule has 2 N–H and O–H groups in total. The summed E-state index contributed by atoms with van der Waals surface area (Å²) < 4.78 is 5.03. The highest BCUT2D eigenvalue weighted by molar-refractivity contribution is 5.87. The summed E-state index contributed by atoms with van der Waals surface area (Å²) in [6.07, 6.45) is -1.12. The summed E-state index contributed by atoms with van der Waals surface area (Å²) in [5.74, 6) is -1.53. The number of carboxylic acid groups (broad SMARTS) is 1. The van der Waals surface area contributed by atoms with Gasteiger partial charge in [0.25, 0.3) is 0 Å². The third kappa shape index (κ3) is 6.85. The normalized spacial score (nSPS) is 17.5. The fourth-order valence-electron chi connectivity index (χ4n) is 2.27. The Morgan fingerprint density at radius 2 is 1.74 bits per heavy atom. The van der Waals surface area contributed by atoms with Gasteiger partial charge in [-0.2, -0.15) is 0 Å². The number of rotatable bonds is 5. The standard InChI is InChI=1S/C15H27N3O5/c1-5-17-6-8-18(9-7-17)12(19)10-11(13(20)21)16-14(22)23-15(2,3)4/h11H,5-10H2,1-4H3,(H,16,22)(H,20,21)/t11-/m1/s1. The zero-order chi connectivity index (χ0) is 17.6. The van der Waals surface area contributed by atoms with Crippen LogP contribution in [-0.2, 0) is 14.3 Å². The van der Waals surface area contributed by atoms with Crippen molar-refractivity contribution in [1.82, 2.24) is 15.1 Å². The number of alkyl carbamates (subject to hydrolysis) is 1. The highest BCUT2D eigenvalue weighted by Gasteiger charge is 2.29. The maximum atomic E-state index is 12.2. The lowest BCUT2D eigenvalue weighted by molar-refractivity contribution is -0.144. The largest absolute Gasteiger partial charge is 0.480 e. The van der Waals surface area contributed by atoms with E-state index in [0.717, 1.165) is 19.6 Å². The SMILES string of the molecule is CCN1CCN(C(=O)C[C@@H](NC(=O)OC(C)(C)C)C(=O)O)CC1. The molecule has 8 nitrogen and oxygen atoms in total. The van der Waals surface area contributed by atoms with Crippen molar-refractivity contribution in [2.45, 2.75) is 45.8 Å². The second-order valence-electron chi connectivity index (χ2n) is 6.56. The molecule has 0 aromatic carbocycles. The van der Waals surface area contributed by atoms with Gasteiger partial charge in [-0.15, -0.1) is 0 Å². The van der Waals surface area contributed by atoms with E-state index in [2.05, 4.69) is 17.1 Å². The van der Waals surface area contributed by atoms with Crippen LogP contribution in [0.4, 0.5) is 4.79 Å². The number of hydrogen-bond acceptors (Lipinski definition) is 5. The Hall–Kier alpha value is -1.83. The van der Waals surface area contributed by atoms with E-state index in [1.54, 1.807) is 25.7 Å². The minimum absolute atomic E-state index is 0.274. The van der Waals surface area contributed by atoms with Crippen LogP contribution in [0.2, 0.25) is 0 Å². The molecule has 1 saturated heterocycles. The Morgan fingerprint density at radius 1 is 1.17 bits per heavy atom. The molecular formula is C15H27N3O5. The van der Waals surface area contributed by atoms with Crippen LogP contribution in [0.3, 0.4) is 0 Å². The Morgan fingerprint density at radius 3 is 2.17 bits per heavy atom. The summed E-state index contributed by atoms with van der Waals surface area (Å²) >= 11 is 0. The van der Waals surface area contributed by atoms with Crippen LogP contribution >= 0.6 is 0 Å². The van der Waals surface area contributed by atoms with E-state index in [-0.39, 0.29) is 12.3 Å². The minimum Gasteiger partial charge on any atom is -0.480 e. The van der Waals surface area contributed by atoms with Crippen LogP contribution < -0.4 is 5.32 Å². The van der Waals surface area contributed by atoms with Crippen molar-refractivity contribution < 1.29 is 24.2 Å². The van der Waals surface area contributed by atoms with Crippen LogP contribution in [0, 0.1) is 0 Å². The average Bonchev–Trinajstić information content (AvgIpc) is 2.44. The monoisotopic (exact) mass is 329 g/mol. The Labute approximate surface area is 136 Å². The molecule has 1 aliphatic rings. The van der Waals surface area contributed by atoms with Gasteiger partial charge in [-0.1, -0.05) is 6.92 Å². The molecule has 1 rings (SSSR count). The maximum absolute atomic E-state index is 12.2. The number of nitrogens with zero attached hydrogens (tertiary/aromatic N) is 2. The molecule has 0 radical (unpaired) electrons. The van der Waals surface area contributed by atoms with Crippen LogP contribution in [0.15, 0.2) is 0 Å². The first-order chi connectivity index (χ1) is 10.6. The first kappa shape index (κ1) is 19.2. The molecule has 2 amide bonds. The third-order valence-electron chi connectivity index (χ3n) is 3.54. The van der Waals surface area contributed by atoms with E-state index in [1.165, 1.54) is 0 Å². The second-order valence-corrected chi connectivity index (χ2v) is 6.56. The smallest absolute Gasteiger partial charge is 0.408 e. The molecule has 1 atom stereocenters. The second kappa shape index (κ2) is 8.14. The van der Waals surface area contributed by atoms with Crippen LogP contribution in [0.25, 0.3) is 0 Å². The number of carbonyl (C=O) groups excluding carboxylic acids is 2. The summed E-state index contributed by atoms with van der Waals surface area (Å²) in [6, 6.07) is -1.29. The molecular weight excluding hydrogens is 302 g/mol. The molecule has 0 saturated carbocycles. The van der Waals surface area contributed by atoms with Gasteiger partial charge >= 0.3 is 12.1 Å². The number of nitrogens with one attached hydrogen (secondary N) is 1. The van der Waals surface area contributed by atoms with Gasteiger partial charge in [0.15, 0.2) is 0 Å². The maximum Gasteiger partial charge on any atom is 0.408 e. The lowest BCUT2D eigenvalue weighted by Gasteiger charge is -2.34. The van der Waals surface area contributed by atoms with Crippen LogP contribution in [0.5, 0.6) is 0 Å². The summed E-state index contributed by atoms with van der Waals surface area (Å²) in [7, 11) is 0. The third-order valence-corrected chi connectivity index (χ3v) is 3.54. The van der Waals surface area contributed by atoms with Crippen LogP contribution in [0.1, 0.15) is 34.1 Å². The number of likely N-dealkylation sites (N-methyl/N-ethyl adjacent to an activating group) is 1. The molecule has 0 unspecified atom stereocenters. The zero-order valence-electron chi connectivity index (χ0n) is 14.3. The Bertz CT molecular complexity index is 439. The topological polar surface area (TPSA) is 99.2 Å². The molecule has 0 spiro atoms. The summed E-state index contributed by atoms with van der Waals surface area (Å²) in [6.45, 7) is 10.7. The number of piperazine rings is 1. The summed E-state index contributed by atoms with van der Waals surface area (Å²) in [5.41, 5.74) is -0.729. The fraction of sp³-hybridized carbons (Fsp3) is 0.800. The first-order valence-electron chi connectivity index (χ1n) is 7.85. The molecule has 132 valence electrons. The molecule has 1 aliphatic heterocycles. The van der Waals surface area contributed by atoms with E-state index in [1.807, 2.05) is 0 Å². The van der Waals surface area contributed by atoms with Crippen molar-refractivity contribution in [1.29, 1.82) is 0 Å². The van der Waals surface area contributed by atoms with Crippen molar-refractivity contribution in [3.05, 3.63) is 0 Å². The molecule has 0 aromatic rings. The Kier molecular flexibility index (Phi) is 6.80. The fourth-order valence-corrected chi connectivity index (χ4v) is 2.27. The molecule has 0 aromatic heterocycles. The lowest BCUT2D eigenvalue weighted by atomic mass is 10.1. The van der Waals surface area contributed by atoms with E-state index >= 15 is 0 Å². The molecule has 0 bridgehead atoms. The number of hydrogen-bond donors (Lipinski definition) is 2. The quantitative estimate of drug-likeness (QED) is 0.763. The first-order valence-corrected chi connectivity index (χ1v) is 7.85. The van der Waals surface area contributed by atoms with Gasteiger partial charge < -0.3 is 25.0 Å². The van der Waals surface area contributed by atoms with Gasteiger partial charge in [-0.3, -0.25) is 4.79 Å². The average molecular weight is 329 g/mol. The molecule has 1 heterocycles. The number of ether oxygens (including phenoxy) is 1. The van der Waals surface area contributed by atoms with E-state index in [0.29, 0.717) is 13.1 Å². The van der Waals surface area contributed by atoms with Gasteiger partial charge in [-0.05, 0) is 27.3 Å². The van der Waals surface area contributed by atoms with Gasteiger partial charge in [0.2, 0.25) is 5.91 Å². The number of aliphatic carboxylic acids is 1. The van der Waals surface area contributed by atoms with Gasteiger partial charge in [0.05, 0.1) is 6.42 Å². The zero-order valence-corrected chi connectivity index (χ0v) is 14.3. The number of amides is 2. The van der Waals surface area contributed by atoms with Gasteiger partial charge in [0, 0.05) is 26.2 Å². The molecule has 0 aliphatic carbocycles. The van der Waals surface area contributed by atoms with Gasteiger partial charge in [-0.25, -0.2) is 9.59 Å². The predicted octanol–water partition coefficient (Wildman–Crippen LogP) is 0.519. The van der Waals surface area contributed by atoms with Crippen molar-refractivity contribution >= 4 is 18.0 Å². The highest BCUT2D eigenvalue weighted by atomic mass is 16.6. The van der Waals surface area contributed by atoms with Gasteiger partial charge in [0.1, 0.15) is 11.6 Å². The number of carbonyl (C=O) groups is 3. The van der Waals surface area contributed by atoms with E-state index in [4.69, 9.17) is 4.74 Å². The van der Waals surface area contributed by atoms with Crippen molar-refractivity contribution in [3.8, 4) is 0 Å². The molecule has 8 heteroatoms. The summed E-state index contributed by atoms with van der Waals surface area (Å²) in [5, 5.41) is 11.4. The molecule has 1 fully saturated rings. The van der Waals surface area contributed by atoms with Crippen LogP contribution in [-0.4, -0.2) is 77.2 Å².